The second-order valence-corrected chi connectivity index (χ2v) is 5.72. The van der Waals surface area contributed by atoms with Crippen LogP contribution < -0.4 is 10.6 Å². The number of carbonyl (C=O) groups is 1. The van der Waals surface area contributed by atoms with Crippen molar-refractivity contribution in [3.63, 3.8) is 0 Å². The zero-order valence-corrected chi connectivity index (χ0v) is 13.3. The number of hydrogen-bond acceptors (Lipinski definition) is 6. The van der Waals surface area contributed by atoms with Crippen LogP contribution in [0.5, 0.6) is 0 Å². The molecule has 1 aliphatic heterocycles. The molecule has 2 N–H and O–H groups in total. The van der Waals surface area contributed by atoms with Crippen molar-refractivity contribution in [1.82, 2.24) is 20.2 Å². The molecule has 2 heterocycles. The molecule has 0 bridgehead atoms. The Kier molecular flexibility index (Phi) is 6.54. The molecule has 0 radical (unpaired) electrons. The second kappa shape index (κ2) is 8.65. The van der Waals surface area contributed by atoms with E-state index < -0.39 is 0 Å². The van der Waals surface area contributed by atoms with Crippen LogP contribution >= 0.6 is 0 Å². The number of nitrogens with one attached hydrogen (secondary N) is 2. The van der Waals surface area contributed by atoms with E-state index in [1.54, 1.807) is 6.07 Å². The van der Waals surface area contributed by atoms with E-state index in [1.165, 1.54) is 6.33 Å². The number of hydrogen-bond donors (Lipinski definition) is 2. The fourth-order valence-electron chi connectivity index (χ4n) is 2.29. The lowest BCUT2D eigenvalue weighted by Gasteiger charge is -2.12. The number of nitrogens with zero attached hydrogens (tertiary/aromatic N) is 3. The first-order valence-electron chi connectivity index (χ1n) is 7.75. The third-order valence-corrected chi connectivity index (χ3v) is 3.50. The van der Waals surface area contributed by atoms with Crippen LogP contribution in [0.15, 0.2) is 12.4 Å². The predicted octanol–water partition coefficient (Wildman–Crippen LogP) is 0.749. The maximum Gasteiger partial charge on any atom is 0.270 e. The largest absolute Gasteiger partial charge is 0.376 e. The molecule has 2 rings (SSSR count). The Hall–Kier alpha value is -1.73. The maximum absolute atomic E-state index is 12.1. The summed E-state index contributed by atoms with van der Waals surface area (Å²) in [5, 5.41) is 6.07. The van der Waals surface area contributed by atoms with Gasteiger partial charge in [-0.3, -0.25) is 4.79 Å². The van der Waals surface area contributed by atoms with E-state index >= 15 is 0 Å². The summed E-state index contributed by atoms with van der Waals surface area (Å²) in [6.45, 7) is 3.14. The smallest absolute Gasteiger partial charge is 0.270 e. The van der Waals surface area contributed by atoms with E-state index in [9.17, 15) is 4.79 Å². The summed E-state index contributed by atoms with van der Waals surface area (Å²) in [6, 6.07) is 1.68. The van der Waals surface area contributed by atoms with Gasteiger partial charge < -0.3 is 20.3 Å². The highest BCUT2D eigenvalue weighted by atomic mass is 16.5. The Morgan fingerprint density at radius 2 is 2.32 bits per heavy atom. The second-order valence-electron chi connectivity index (χ2n) is 5.72. The highest BCUT2D eigenvalue weighted by Gasteiger charge is 2.17. The van der Waals surface area contributed by atoms with Crippen molar-refractivity contribution >= 4 is 11.7 Å². The van der Waals surface area contributed by atoms with Crippen LogP contribution in [0.4, 0.5) is 5.82 Å². The lowest BCUT2D eigenvalue weighted by Crippen LogP contribution is -2.32. The third-order valence-electron chi connectivity index (χ3n) is 3.50. The Labute approximate surface area is 131 Å². The maximum atomic E-state index is 12.1. The molecular formula is C15H25N5O2. The van der Waals surface area contributed by atoms with Gasteiger partial charge in [0.25, 0.3) is 5.91 Å². The molecule has 0 aromatic carbocycles. The molecular weight excluding hydrogens is 282 g/mol. The molecule has 22 heavy (non-hydrogen) atoms. The molecule has 1 saturated heterocycles. The molecule has 1 aromatic heterocycles. The van der Waals surface area contributed by atoms with Gasteiger partial charge in [0.2, 0.25) is 0 Å². The number of amides is 1. The lowest BCUT2D eigenvalue weighted by atomic mass is 10.2. The van der Waals surface area contributed by atoms with Crippen molar-refractivity contribution in [2.45, 2.75) is 25.4 Å². The fraction of sp³-hybridized carbons (Fsp3) is 0.667. The van der Waals surface area contributed by atoms with Crippen LogP contribution in [0.3, 0.4) is 0 Å². The highest BCUT2D eigenvalue weighted by Crippen LogP contribution is 2.11. The van der Waals surface area contributed by atoms with Gasteiger partial charge in [0.15, 0.2) is 0 Å². The summed E-state index contributed by atoms with van der Waals surface area (Å²) in [5.41, 5.74) is 0.378. The van der Waals surface area contributed by atoms with Crippen molar-refractivity contribution in [3.8, 4) is 0 Å². The van der Waals surface area contributed by atoms with E-state index in [2.05, 4.69) is 25.5 Å². The Morgan fingerprint density at radius 1 is 1.45 bits per heavy atom. The van der Waals surface area contributed by atoms with Crippen LogP contribution in [-0.4, -0.2) is 67.2 Å². The van der Waals surface area contributed by atoms with Crippen LogP contribution in [0.25, 0.3) is 0 Å². The summed E-state index contributed by atoms with van der Waals surface area (Å²) < 4.78 is 5.48. The predicted molar refractivity (Wildman–Crippen MR) is 85.0 cm³/mol. The summed E-state index contributed by atoms with van der Waals surface area (Å²) in [5.74, 6) is 0.491. The minimum Gasteiger partial charge on any atom is -0.376 e. The third kappa shape index (κ3) is 5.57. The van der Waals surface area contributed by atoms with E-state index in [0.717, 1.165) is 39.0 Å². The van der Waals surface area contributed by atoms with Crippen molar-refractivity contribution in [1.29, 1.82) is 0 Å². The van der Waals surface area contributed by atoms with Gasteiger partial charge in [-0.25, -0.2) is 9.97 Å². The van der Waals surface area contributed by atoms with Gasteiger partial charge >= 0.3 is 0 Å². The van der Waals surface area contributed by atoms with E-state index in [1.807, 2.05) is 14.1 Å². The molecule has 1 atom stereocenters. The number of rotatable bonds is 8. The summed E-state index contributed by atoms with van der Waals surface area (Å²) in [7, 11) is 4.09. The topological polar surface area (TPSA) is 79.4 Å². The first kappa shape index (κ1) is 16.6. The summed E-state index contributed by atoms with van der Waals surface area (Å²) in [6.07, 6.45) is 4.62. The molecule has 122 valence electrons. The van der Waals surface area contributed by atoms with E-state index in [4.69, 9.17) is 4.74 Å². The Bertz CT molecular complexity index is 475. The number of anilines is 1. The molecule has 1 aliphatic rings. The van der Waals surface area contributed by atoms with Gasteiger partial charge in [-0.15, -0.1) is 0 Å². The summed E-state index contributed by atoms with van der Waals surface area (Å²) >= 11 is 0. The quantitative estimate of drug-likeness (QED) is 0.690. The minimum atomic E-state index is -0.186. The molecule has 1 amide bonds. The average Bonchev–Trinajstić information content (AvgIpc) is 3.03. The molecule has 1 fully saturated rings. The van der Waals surface area contributed by atoms with Crippen molar-refractivity contribution in [2.75, 3.05) is 45.7 Å². The van der Waals surface area contributed by atoms with Gasteiger partial charge in [-0.1, -0.05) is 0 Å². The van der Waals surface area contributed by atoms with Crippen LogP contribution in [0.2, 0.25) is 0 Å². The molecule has 0 spiro atoms. The zero-order chi connectivity index (χ0) is 15.8. The average molecular weight is 307 g/mol. The zero-order valence-electron chi connectivity index (χ0n) is 13.3. The Morgan fingerprint density at radius 3 is 3.05 bits per heavy atom. The van der Waals surface area contributed by atoms with Gasteiger partial charge in [0.1, 0.15) is 17.8 Å². The fourth-order valence-corrected chi connectivity index (χ4v) is 2.29. The highest BCUT2D eigenvalue weighted by molar-refractivity contribution is 5.92. The van der Waals surface area contributed by atoms with Crippen molar-refractivity contribution in [3.05, 3.63) is 18.1 Å². The standard InChI is InChI=1S/C15H25N5O2/c1-20(2)7-4-6-16-14-9-13(18-11-19-14)15(21)17-10-12-5-3-8-22-12/h9,11-12H,3-8,10H2,1-2H3,(H,17,21)(H,16,18,19). The van der Waals surface area contributed by atoms with Gasteiger partial charge in [0.05, 0.1) is 6.10 Å². The molecule has 0 aliphatic carbocycles. The van der Waals surface area contributed by atoms with Gasteiger partial charge in [0, 0.05) is 25.8 Å². The number of ether oxygens (including phenoxy) is 1. The first-order valence-corrected chi connectivity index (χ1v) is 7.75. The molecule has 7 heteroatoms. The molecule has 1 aromatic rings. The van der Waals surface area contributed by atoms with Crippen LogP contribution in [-0.2, 0) is 4.74 Å². The van der Waals surface area contributed by atoms with Crippen molar-refractivity contribution in [2.24, 2.45) is 0 Å². The van der Waals surface area contributed by atoms with Crippen molar-refractivity contribution < 1.29 is 9.53 Å². The van der Waals surface area contributed by atoms with E-state index in [0.29, 0.717) is 18.1 Å². The molecule has 7 nitrogen and oxygen atoms in total. The number of aromatic nitrogens is 2. The van der Waals surface area contributed by atoms with Gasteiger partial charge in [-0.05, 0) is 39.9 Å². The lowest BCUT2D eigenvalue weighted by molar-refractivity contribution is 0.0853. The summed E-state index contributed by atoms with van der Waals surface area (Å²) in [4.78, 5) is 22.4. The van der Waals surface area contributed by atoms with Gasteiger partial charge in [-0.2, -0.15) is 0 Å². The minimum absolute atomic E-state index is 0.134. The SMILES string of the molecule is CN(C)CCCNc1cc(C(=O)NCC2CCCO2)ncn1. The van der Waals surface area contributed by atoms with Crippen LogP contribution in [0.1, 0.15) is 29.8 Å². The Balaban J connectivity index is 1.77. The number of carbonyl (C=O) groups excluding carboxylic acids is 1. The van der Waals surface area contributed by atoms with E-state index in [-0.39, 0.29) is 12.0 Å². The molecule has 1 unspecified atom stereocenters. The monoisotopic (exact) mass is 307 g/mol. The normalized spacial score (nSPS) is 17.7. The first-order chi connectivity index (χ1) is 10.6. The molecule has 0 saturated carbocycles. The van der Waals surface area contributed by atoms with Crippen LogP contribution in [0, 0.1) is 0 Å².